The van der Waals surface area contributed by atoms with Gasteiger partial charge in [-0.25, -0.2) is 13.4 Å². The van der Waals surface area contributed by atoms with Gasteiger partial charge in [0.1, 0.15) is 5.69 Å². The van der Waals surface area contributed by atoms with Crippen LogP contribution < -0.4 is 10.3 Å². The van der Waals surface area contributed by atoms with E-state index in [1.807, 2.05) is 0 Å². The monoisotopic (exact) mass is 492 g/mol. The third-order valence-electron chi connectivity index (χ3n) is 5.26. The molecule has 0 aliphatic heterocycles. The van der Waals surface area contributed by atoms with Gasteiger partial charge in [0, 0.05) is 13.2 Å². The topological polar surface area (TPSA) is 115 Å². The highest BCUT2D eigenvalue weighted by Crippen LogP contribution is 2.48. The molecule has 0 unspecified atom stereocenters. The van der Waals surface area contributed by atoms with Crippen molar-refractivity contribution in [3.05, 3.63) is 34.4 Å². The lowest BCUT2D eigenvalue weighted by atomic mass is 9.99. The number of alkyl halides is 5. The van der Waals surface area contributed by atoms with Crippen LogP contribution in [0.5, 0.6) is 5.75 Å². The highest BCUT2D eigenvalue weighted by molar-refractivity contribution is 7.91. The zero-order chi connectivity index (χ0) is 24.8. The summed E-state index contributed by atoms with van der Waals surface area (Å²) >= 11 is 0. The van der Waals surface area contributed by atoms with Crippen LogP contribution >= 0.6 is 0 Å². The molecule has 2 aromatic heterocycles. The van der Waals surface area contributed by atoms with Gasteiger partial charge in [-0.05, 0) is 24.5 Å². The van der Waals surface area contributed by atoms with Gasteiger partial charge in [0.15, 0.2) is 22.3 Å². The number of nitrogens with zero attached hydrogens (tertiary/aromatic N) is 4. The summed E-state index contributed by atoms with van der Waals surface area (Å²) in [5.41, 5.74) is -1.81. The Morgan fingerprint density at radius 2 is 1.85 bits per heavy atom. The number of ether oxygens (including phenoxy) is 1. The van der Waals surface area contributed by atoms with Gasteiger partial charge in [-0.3, -0.25) is 14.3 Å². The van der Waals surface area contributed by atoms with Gasteiger partial charge in [0.2, 0.25) is 5.75 Å². The molecule has 0 radical (unpaired) electrons. The first kappa shape index (κ1) is 24.6. The first-order chi connectivity index (χ1) is 15.2. The fourth-order valence-corrected chi connectivity index (χ4v) is 4.01. The van der Waals surface area contributed by atoms with Crippen LogP contribution in [0.2, 0.25) is 0 Å². The van der Waals surface area contributed by atoms with Gasteiger partial charge in [-0.1, -0.05) is 6.92 Å². The molecule has 0 atom stereocenters. The Morgan fingerprint density at radius 1 is 1.21 bits per heavy atom. The quantitative estimate of drug-likeness (QED) is 0.546. The minimum absolute atomic E-state index is 0.235. The SMILES string of the molecule is CCS(=O)(=O)c1cc(C2(C#N)CC2)cnc1-c1ncc(OCC(F)(F)C(F)(F)F)c(=O)n1C. The summed E-state index contributed by atoms with van der Waals surface area (Å²) in [6, 6.07) is 3.42. The Kier molecular flexibility index (Phi) is 5.99. The van der Waals surface area contributed by atoms with E-state index in [1.165, 1.54) is 19.2 Å². The molecule has 2 aromatic rings. The molecular weight excluding hydrogens is 475 g/mol. The molecule has 1 aliphatic carbocycles. The number of nitriles is 1. The van der Waals surface area contributed by atoms with Crippen LogP contribution in [0.4, 0.5) is 22.0 Å². The summed E-state index contributed by atoms with van der Waals surface area (Å²) in [5, 5.41) is 9.39. The van der Waals surface area contributed by atoms with Crippen molar-refractivity contribution in [1.82, 2.24) is 14.5 Å². The molecule has 0 saturated heterocycles. The number of hydrogen-bond donors (Lipinski definition) is 0. The van der Waals surface area contributed by atoms with Crippen molar-refractivity contribution in [1.29, 1.82) is 5.26 Å². The first-order valence-corrected chi connectivity index (χ1v) is 11.1. The Morgan fingerprint density at radius 3 is 2.36 bits per heavy atom. The summed E-state index contributed by atoms with van der Waals surface area (Å²) < 4.78 is 93.7. The van der Waals surface area contributed by atoms with Crippen molar-refractivity contribution in [2.45, 2.75) is 42.2 Å². The minimum atomic E-state index is -5.87. The maximum Gasteiger partial charge on any atom is 0.456 e. The smallest absolute Gasteiger partial charge is 0.456 e. The van der Waals surface area contributed by atoms with Crippen LogP contribution in [0.1, 0.15) is 25.3 Å². The van der Waals surface area contributed by atoms with E-state index in [-0.39, 0.29) is 22.2 Å². The van der Waals surface area contributed by atoms with Gasteiger partial charge >= 0.3 is 12.1 Å². The zero-order valence-corrected chi connectivity index (χ0v) is 18.1. The van der Waals surface area contributed by atoms with Crippen molar-refractivity contribution in [2.75, 3.05) is 12.4 Å². The lowest BCUT2D eigenvalue weighted by Crippen LogP contribution is -2.42. The van der Waals surface area contributed by atoms with Crippen LogP contribution in [-0.4, -0.2) is 47.4 Å². The van der Waals surface area contributed by atoms with Crippen LogP contribution in [0, 0.1) is 11.3 Å². The van der Waals surface area contributed by atoms with E-state index in [4.69, 9.17) is 0 Å². The second kappa shape index (κ2) is 8.05. The Balaban J connectivity index is 2.06. The first-order valence-electron chi connectivity index (χ1n) is 9.47. The molecule has 1 aliphatic rings. The van der Waals surface area contributed by atoms with E-state index in [9.17, 15) is 40.4 Å². The molecule has 0 bridgehead atoms. The number of sulfone groups is 1. The molecule has 8 nitrogen and oxygen atoms in total. The molecule has 178 valence electrons. The molecule has 3 rings (SSSR count). The highest BCUT2D eigenvalue weighted by atomic mass is 32.2. The predicted octanol–water partition coefficient (Wildman–Crippen LogP) is 2.77. The van der Waals surface area contributed by atoms with Crippen molar-refractivity contribution < 1.29 is 35.1 Å². The highest BCUT2D eigenvalue weighted by Gasteiger charge is 2.58. The second-order valence-electron chi connectivity index (χ2n) is 7.47. The predicted molar refractivity (Wildman–Crippen MR) is 103 cm³/mol. The van der Waals surface area contributed by atoms with Gasteiger partial charge in [0.25, 0.3) is 5.56 Å². The molecule has 0 aromatic carbocycles. The molecular formula is C19H17F5N4O4S. The summed E-state index contributed by atoms with van der Waals surface area (Å²) in [6.07, 6.45) is -2.90. The third-order valence-corrected chi connectivity index (χ3v) is 7.00. The number of halogens is 5. The van der Waals surface area contributed by atoms with E-state index >= 15 is 0 Å². The maximum atomic E-state index is 13.1. The normalized spacial score (nSPS) is 15.7. The van der Waals surface area contributed by atoms with Crippen LogP contribution in [0.3, 0.4) is 0 Å². The van der Waals surface area contributed by atoms with Gasteiger partial charge in [-0.15, -0.1) is 0 Å². The summed E-state index contributed by atoms with van der Waals surface area (Å²) in [5.74, 6) is -6.69. The van der Waals surface area contributed by atoms with E-state index in [0.29, 0.717) is 24.6 Å². The van der Waals surface area contributed by atoms with Crippen LogP contribution in [0.15, 0.2) is 28.2 Å². The van der Waals surface area contributed by atoms with Crippen molar-refractivity contribution in [2.24, 2.45) is 7.05 Å². The molecule has 0 amide bonds. The van der Waals surface area contributed by atoms with Crippen molar-refractivity contribution in [3.63, 3.8) is 0 Å². The van der Waals surface area contributed by atoms with Crippen molar-refractivity contribution >= 4 is 9.84 Å². The fraction of sp³-hybridized carbons (Fsp3) is 0.474. The largest absolute Gasteiger partial charge is 0.480 e. The zero-order valence-electron chi connectivity index (χ0n) is 17.3. The molecule has 0 N–H and O–H groups in total. The van der Waals surface area contributed by atoms with Gasteiger partial charge in [0.05, 0.1) is 28.3 Å². The summed E-state index contributed by atoms with van der Waals surface area (Å²) in [7, 11) is -2.80. The number of aromatic nitrogens is 3. The average molecular weight is 492 g/mol. The lowest BCUT2D eigenvalue weighted by Gasteiger charge is -2.20. The van der Waals surface area contributed by atoms with E-state index < -0.39 is 45.3 Å². The molecule has 14 heteroatoms. The molecule has 33 heavy (non-hydrogen) atoms. The van der Waals surface area contributed by atoms with E-state index in [2.05, 4.69) is 20.8 Å². The fourth-order valence-electron chi connectivity index (χ4n) is 2.95. The Hall–Kier alpha value is -3.08. The van der Waals surface area contributed by atoms with E-state index in [0.717, 1.165) is 11.6 Å². The maximum absolute atomic E-state index is 13.1. The third kappa shape index (κ3) is 4.41. The van der Waals surface area contributed by atoms with Crippen molar-refractivity contribution in [3.8, 4) is 23.3 Å². The average Bonchev–Trinajstić information content (AvgIpc) is 3.55. The number of hydrogen-bond acceptors (Lipinski definition) is 7. The second-order valence-corrected chi connectivity index (χ2v) is 9.72. The number of pyridine rings is 1. The number of rotatable bonds is 7. The Labute approximate surface area is 184 Å². The van der Waals surface area contributed by atoms with E-state index in [1.54, 1.807) is 0 Å². The Bertz CT molecular complexity index is 1290. The van der Waals surface area contributed by atoms with Crippen LogP contribution in [0.25, 0.3) is 11.5 Å². The minimum Gasteiger partial charge on any atom is -0.480 e. The van der Waals surface area contributed by atoms with Gasteiger partial charge < -0.3 is 4.74 Å². The molecule has 0 spiro atoms. The van der Waals surface area contributed by atoms with Crippen LogP contribution in [-0.2, 0) is 22.3 Å². The van der Waals surface area contributed by atoms with Gasteiger partial charge in [-0.2, -0.15) is 27.2 Å². The lowest BCUT2D eigenvalue weighted by molar-refractivity contribution is -0.290. The molecule has 1 fully saturated rings. The summed E-state index contributed by atoms with van der Waals surface area (Å²) in [6.45, 7) is -0.751. The molecule has 2 heterocycles. The standard InChI is InChI=1S/C19H17F5N4O4S/c1-3-33(30,31)13-6-11(17(9-25)4-5-17)7-26-14(13)15-27-8-12(16(29)28(15)2)32-10-18(20,21)19(22,23)24/h6-8H,3-5,10H2,1-2H3. The summed E-state index contributed by atoms with van der Waals surface area (Å²) in [4.78, 5) is 20.1. The molecule has 1 saturated carbocycles.